The van der Waals surface area contributed by atoms with Crippen molar-refractivity contribution in [3.8, 4) is 11.1 Å². The first kappa shape index (κ1) is 29.4. The number of benzene rings is 2. The second kappa shape index (κ2) is 12.0. The maximum Gasteiger partial charge on any atom is 0.282 e. The first-order valence-electron chi connectivity index (χ1n) is 13.1. The van der Waals surface area contributed by atoms with Gasteiger partial charge in [0.05, 0.1) is 17.0 Å². The average Bonchev–Trinajstić information content (AvgIpc) is 3.53. The Hall–Kier alpha value is -5.13. The van der Waals surface area contributed by atoms with E-state index in [1.807, 2.05) is 0 Å². The fourth-order valence-corrected chi connectivity index (χ4v) is 5.21. The summed E-state index contributed by atoms with van der Waals surface area (Å²) in [7, 11) is 0. The first-order chi connectivity index (χ1) is 20.5. The monoisotopic (exact) mass is 593 g/mol. The van der Waals surface area contributed by atoms with E-state index in [2.05, 4.69) is 22.0 Å². The number of carbonyl (C=O) groups excluding carboxylic acids is 2. The lowest BCUT2D eigenvalue weighted by molar-refractivity contribution is -0.120. The molecule has 0 spiro atoms. The SMILES string of the molecule is C=C[C@@H]1CCc2c1c(C(F)F)nn2CC(=O)N/C(=C\c1cc(F)cc(F)c1)c1ncccc1-c1ccc(F)c(C(N)=O)c1. The molecule has 0 radical (unpaired) electrons. The number of fused-ring (bicyclic) bond motifs is 1. The van der Waals surface area contributed by atoms with Crippen LogP contribution in [0.1, 0.15) is 57.3 Å². The highest BCUT2D eigenvalue weighted by molar-refractivity contribution is 5.97. The van der Waals surface area contributed by atoms with Crippen molar-refractivity contribution in [2.24, 2.45) is 5.73 Å². The summed E-state index contributed by atoms with van der Waals surface area (Å²) in [5, 5.41) is 6.66. The molecule has 4 aromatic rings. The summed E-state index contributed by atoms with van der Waals surface area (Å²) in [5.74, 6) is -4.58. The molecule has 0 saturated heterocycles. The van der Waals surface area contributed by atoms with E-state index in [1.54, 1.807) is 18.2 Å². The van der Waals surface area contributed by atoms with Crippen molar-refractivity contribution in [2.45, 2.75) is 31.7 Å². The maximum atomic E-state index is 14.2. The zero-order chi connectivity index (χ0) is 30.8. The highest BCUT2D eigenvalue weighted by atomic mass is 19.3. The van der Waals surface area contributed by atoms with Crippen LogP contribution in [0, 0.1) is 17.5 Å². The van der Waals surface area contributed by atoms with Gasteiger partial charge in [-0.15, -0.1) is 6.58 Å². The van der Waals surface area contributed by atoms with Gasteiger partial charge in [0.2, 0.25) is 5.91 Å². The normalized spacial score (nSPS) is 14.6. The molecule has 0 aliphatic heterocycles. The number of carbonyl (C=O) groups is 2. The Morgan fingerprint density at radius 1 is 1.12 bits per heavy atom. The Balaban J connectivity index is 1.57. The van der Waals surface area contributed by atoms with Gasteiger partial charge < -0.3 is 11.1 Å². The Kier molecular flexibility index (Phi) is 8.20. The Morgan fingerprint density at radius 3 is 2.53 bits per heavy atom. The Morgan fingerprint density at radius 2 is 1.86 bits per heavy atom. The molecule has 2 aromatic carbocycles. The molecule has 7 nitrogen and oxygen atoms in total. The molecule has 3 N–H and O–H groups in total. The number of aromatic nitrogens is 3. The summed E-state index contributed by atoms with van der Waals surface area (Å²) in [5.41, 5.74) is 6.13. The van der Waals surface area contributed by atoms with Crippen molar-refractivity contribution in [2.75, 3.05) is 0 Å². The largest absolute Gasteiger partial charge is 0.366 e. The molecule has 0 saturated carbocycles. The number of pyridine rings is 1. The van der Waals surface area contributed by atoms with E-state index >= 15 is 0 Å². The number of amides is 2. The molecule has 12 heteroatoms. The lowest BCUT2D eigenvalue weighted by Gasteiger charge is -2.15. The first-order valence-corrected chi connectivity index (χ1v) is 13.1. The summed E-state index contributed by atoms with van der Waals surface area (Å²) in [6, 6.07) is 9.52. The number of halogens is 5. The minimum absolute atomic E-state index is 0.0163. The molecule has 2 aromatic heterocycles. The summed E-state index contributed by atoms with van der Waals surface area (Å²) >= 11 is 0. The molecule has 2 amide bonds. The van der Waals surface area contributed by atoms with Gasteiger partial charge in [-0.2, -0.15) is 5.10 Å². The van der Waals surface area contributed by atoms with Crippen LogP contribution < -0.4 is 11.1 Å². The number of hydrogen-bond donors (Lipinski definition) is 2. The quantitative estimate of drug-likeness (QED) is 0.186. The van der Waals surface area contributed by atoms with Gasteiger partial charge in [-0.25, -0.2) is 22.0 Å². The molecule has 1 atom stereocenters. The van der Waals surface area contributed by atoms with Gasteiger partial charge in [0.1, 0.15) is 29.7 Å². The van der Waals surface area contributed by atoms with Gasteiger partial charge in [-0.3, -0.25) is 19.3 Å². The summed E-state index contributed by atoms with van der Waals surface area (Å²) in [6.45, 7) is 3.27. The van der Waals surface area contributed by atoms with Gasteiger partial charge in [-0.1, -0.05) is 18.2 Å². The molecule has 43 heavy (non-hydrogen) atoms. The molecular weight excluding hydrogens is 569 g/mol. The molecule has 0 fully saturated rings. The van der Waals surface area contributed by atoms with Crippen LogP contribution in [0.3, 0.4) is 0 Å². The van der Waals surface area contributed by atoms with E-state index in [0.29, 0.717) is 41.3 Å². The number of allylic oxidation sites excluding steroid dienone is 1. The Labute approximate surface area is 242 Å². The second-order valence-electron chi connectivity index (χ2n) is 9.85. The van der Waals surface area contributed by atoms with Gasteiger partial charge in [0.25, 0.3) is 12.3 Å². The predicted molar refractivity (Wildman–Crippen MR) is 149 cm³/mol. The van der Waals surface area contributed by atoms with Crippen LogP contribution in [0.5, 0.6) is 0 Å². The smallest absolute Gasteiger partial charge is 0.282 e. The third kappa shape index (κ3) is 6.08. The summed E-state index contributed by atoms with van der Waals surface area (Å²) in [4.78, 5) is 29.5. The third-order valence-corrected chi connectivity index (χ3v) is 7.05. The fourth-order valence-electron chi connectivity index (χ4n) is 5.21. The van der Waals surface area contributed by atoms with E-state index in [1.165, 1.54) is 29.1 Å². The highest BCUT2D eigenvalue weighted by Gasteiger charge is 2.33. The Bertz CT molecular complexity index is 1760. The summed E-state index contributed by atoms with van der Waals surface area (Å²) < 4.78 is 71.1. The van der Waals surface area contributed by atoms with Crippen LogP contribution in [0.2, 0.25) is 0 Å². The summed E-state index contributed by atoms with van der Waals surface area (Å²) in [6.07, 6.45) is 2.37. The predicted octanol–water partition coefficient (Wildman–Crippen LogP) is 5.93. The lowest BCUT2D eigenvalue weighted by atomic mass is 9.98. The van der Waals surface area contributed by atoms with Crippen molar-refractivity contribution < 1.29 is 31.5 Å². The van der Waals surface area contributed by atoms with Gasteiger partial charge in [0.15, 0.2) is 0 Å². The van der Waals surface area contributed by atoms with E-state index in [0.717, 1.165) is 18.2 Å². The van der Waals surface area contributed by atoms with Crippen LogP contribution in [-0.2, 0) is 17.8 Å². The number of primary amides is 1. The topological polar surface area (TPSA) is 103 Å². The molecular formula is C31H24F5N5O2. The zero-order valence-corrected chi connectivity index (χ0v) is 22.5. The number of nitrogens with one attached hydrogen (secondary N) is 1. The maximum absolute atomic E-state index is 14.2. The van der Waals surface area contributed by atoms with Crippen molar-refractivity contribution >= 4 is 23.6 Å². The number of nitrogens with two attached hydrogens (primary N) is 1. The van der Waals surface area contributed by atoms with Crippen LogP contribution in [0.25, 0.3) is 22.9 Å². The highest BCUT2D eigenvalue weighted by Crippen LogP contribution is 2.39. The van der Waals surface area contributed by atoms with E-state index < -0.39 is 47.9 Å². The molecule has 0 unspecified atom stereocenters. The molecule has 1 aliphatic rings. The molecule has 2 heterocycles. The zero-order valence-electron chi connectivity index (χ0n) is 22.5. The molecule has 0 bridgehead atoms. The van der Waals surface area contributed by atoms with Crippen molar-refractivity contribution in [1.29, 1.82) is 0 Å². The number of hydrogen-bond acceptors (Lipinski definition) is 4. The lowest BCUT2D eigenvalue weighted by Crippen LogP contribution is -2.28. The second-order valence-corrected chi connectivity index (χ2v) is 9.85. The van der Waals surface area contributed by atoms with Crippen molar-refractivity contribution in [3.63, 3.8) is 0 Å². The number of rotatable bonds is 9. The molecule has 220 valence electrons. The number of alkyl halides is 2. The molecule has 5 rings (SSSR count). The third-order valence-electron chi connectivity index (χ3n) is 7.05. The van der Waals surface area contributed by atoms with E-state index in [4.69, 9.17) is 5.73 Å². The van der Waals surface area contributed by atoms with Crippen LogP contribution in [0.4, 0.5) is 22.0 Å². The van der Waals surface area contributed by atoms with E-state index in [9.17, 15) is 31.5 Å². The minimum atomic E-state index is -2.85. The van der Waals surface area contributed by atoms with Crippen molar-refractivity contribution in [3.05, 3.63) is 119 Å². The minimum Gasteiger partial charge on any atom is -0.366 e. The molecule has 1 aliphatic carbocycles. The average molecular weight is 594 g/mol. The number of nitrogens with zero attached hydrogens (tertiary/aromatic N) is 3. The van der Waals surface area contributed by atoms with Gasteiger partial charge in [0, 0.05) is 35.0 Å². The van der Waals surface area contributed by atoms with E-state index in [-0.39, 0.29) is 28.4 Å². The van der Waals surface area contributed by atoms with Crippen LogP contribution >= 0.6 is 0 Å². The van der Waals surface area contributed by atoms with Gasteiger partial charge >= 0.3 is 0 Å². The van der Waals surface area contributed by atoms with Crippen LogP contribution in [-0.4, -0.2) is 26.6 Å². The standard InChI is InChI=1S/C31H24F5N5O2/c1-2-17-6-8-25-27(17)29(30(35)36)40-41(25)15-26(42)39-24(12-16-10-19(32)14-20(33)11-16)28-21(4-3-9-38-28)18-5-7-23(34)22(13-18)31(37)43/h2-5,7,9-14,17,30H,1,6,8,15H2,(H2,37,43)(H,39,42)/b24-12-/t17-/m1/s1. The fraction of sp³-hybridized carbons (Fsp3) is 0.161. The van der Waals surface area contributed by atoms with Gasteiger partial charge in [-0.05, 0) is 60.4 Å². The van der Waals surface area contributed by atoms with Crippen molar-refractivity contribution in [1.82, 2.24) is 20.1 Å². The van der Waals surface area contributed by atoms with Crippen LogP contribution in [0.15, 0.2) is 67.4 Å².